The maximum Gasteiger partial charge on any atom is 0.233 e. The standard InChI is InChI=1S/C27H30ClN3O2/c1-17(2)21-11-8-12-22(18(3)4)27(21)31-26(33)16-25(32)30-23-14-13-19(28)15-24(23)29-20-9-6-5-7-10-20/h5-15,17-18,29H,16H2,1-4H3,(H,30,32)(H,31,33). The van der Waals surface area contributed by atoms with E-state index in [1.165, 1.54) is 0 Å². The molecule has 0 aliphatic carbocycles. The Balaban J connectivity index is 1.73. The Morgan fingerprint density at radius 1 is 0.758 bits per heavy atom. The molecule has 0 atom stereocenters. The summed E-state index contributed by atoms with van der Waals surface area (Å²) in [5.74, 6) is -0.268. The van der Waals surface area contributed by atoms with E-state index in [0.29, 0.717) is 16.4 Å². The molecular formula is C27H30ClN3O2. The molecule has 0 aromatic heterocycles. The fraction of sp³-hybridized carbons (Fsp3) is 0.259. The maximum absolute atomic E-state index is 12.8. The number of hydrogen-bond donors (Lipinski definition) is 3. The fourth-order valence-corrected chi connectivity index (χ4v) is 3.80. The minimum Gasteiger partial charge on any atom is -0.354 e. The van der Waals surface area contributed by atoms with Gasteiger partial charge in [0.2, 0.25) is 11.8 Å². The van der Waals surface area contributed by atoms with Crippen molar-refractivity contribution in [3.63, 3.8) is 0 Å². The van der Waals surface area contributed by atoms with Crippen molar-refractivity contribution in [3.05, 3.63) is 82.9 Å². The molecule has 0 unspecified atom stereocenters. The van der Waals surface area contributed by atoms with Crippen molar-refractivity contribution >= 4 is 46.2 Å². The van der Waals surface area contributed by atoms with E-state index in [1.807, 2.05) is 48.5 Å². The van der Waals surface area contributed by atoms with Crippen molar-refractivity contribution < 1.29 is 9.59 Å². The molecular weight excluding hydrogens is 434 g/mol. The van der Waals surface area contributed by atoms with E-state index < -0.39 is 5.91 Å². The van der Waals surface area contributed by atoms with Gasteiger partial charge in [0.15, 0.2) is 0 Å². The van der Waals surface area contributed by atoms with Crippen LogP contribution in [0.2, 0.25) is 5.02 Å². The second-order valence-corrected chi connectivity index (χ2v) is 9.01. The molecule has 5 nitrogen and oxygen atoms in total. The van der Waals surface area contributed by atoms with Crippen LogP contribution in [0.25, 0.3) is 0 Å². The van der Waals surface area contributed by atoms with Gasteiger partial charge in [-0.3, -0.25) is 9.59 Å². The molecule has 3 N–H and O–H groups in total. The minimum absolute atomic E-state index is 0.244. The van der Waals surface area contributed by atoms with Gasteiger partial charge in [-0.05, 0) is 53.3 Å². The summed E-state index contributed by atoms with van der Waals surface area (Å²) >= 11 is 6.16. The van der Waals surface area contributed by atoms with Crippen LogP contribution >= 0.6 is 11.6 Å². The highest BCUT2D eigenvalue weighted by molar-refractivity contribution is 6.31. The van der Waals surface area contributed by atoms with Crippen molar-refractivity contribution in [1.82, 2.24) is 0 Å². The number of rotatable bonds is 8. The number of halogens is 1. The Kier molecular flexibility index (Phi) is 8.12. The van der Waals surface area contributed by atoms with Gasteiger partial charge in [-0.15, -0.1) is 0 Å². The summed E-state index contributed by atoms with van der Waals surface area (Å²) in [7, 11) is 0. The highest BCUT2D eigenvalue weighted by Gasteiger charge is 2.18. The summed E-state index contributed by atoms with van der Waals surface area (Å²) in [6.45, 7) is 8.35. The van der Waals surface area contributed by atoms with Crippen LogP contribution in [-0.4, -0.2) is 11.8 Å². The summed E-state index contributed by atoms with van der Waals surface area (Å²) in [6.07, 6.45) is -0.294. The summed E-state index contributed by atoms with van der Waals surface area (Å²) in [6, 6.07) is 20.8. The predicted octanol–water partition coefficient (Wildman–Crippen LogP) is 7.30. The van der Waals surface area contributed by atoms with Gasteiger partial charge in [-0.2, -0.15) is 0 Å². The van der Waals surface area contributed by atoms with E-state index >= 15 is 0 Å². The molecule has 0 spiro atoms. The lowest BCUT2D eigenvalue weighted by Gasteiger charge is -2.20. The molecule has 33 heavy (non-hydrogen) atoms. The molecule has 3 rings (SSSR count). The third-order valence-corrected chi connectivity index (χ3v) is 5.50. The Morgan fingerprint density at radius 3 is 1.97 bits per heavy atom. The quantitative estimate of drug-likeness (QED) is 0.307. The van der Waals surface area contributed by atoms with Crippen molar-refractivity contribution in [1.29, 1.82) is 0 Å². The van der Waals surface area contributed by atoms with Gasteiger partial charge in [0.1, 0.15) is 6.42 Å². The smallest absolute Gasteiger partial charge is 0.233 e. The van der Waals surface area contributed by atoms with Crippen LogP contribution in [0.1, 0.15) is 57.1 Å². The van der Waals surface area contributed by atoms with Crippen LogP contribution < -0.4 is 16.0 Å². The molecule has 3 aromatic rings. The number of nitrogens with one attached hydrogen (secondary N) is 3. The molecule has 0 aliphatic rings. The Labute approximate surface area is 200 Å². The lowest BCUT2D eigenvalue weighted by atomic mass is 9.92. The number of carbonyl (C=O) groups excluding carboxylic acids is 2. The number of benzene rings is 3. The second kappa shape index (κ2) is 11.0. The minimum atomic E-state index is -0.404. The average molecular weight is 464 g/mol. The molecule has 0 saturated carbocycles. The van der Waals surface area contributed by atoms with Gasteiger partial charge in [0, 0.05) is 16.4 Å². The number of carbonyl (C=O) groups is 2. The molecule has 0 bridgehead atoms. The zero-order chi connectivity index (χ0) is 24.0. The highest BCUT2D eigenvalue weighted by Crippen LogP contribution is 2.33. The molecule has 2 amide bonds. The van der Waals surface area contributed by atoms with Gasteiger partial charge in [-0.25, -0.2) is 0 Å². The van der Waals surface area contributed by atoms with Crippen molar-refractivity contribution in [2.75, 3.05) is 16.0 Å². The first-order valence-corrected chi connectivity index (χ1v) is 11.5. The second-order valence-electron chi connectivity index (χ2n) is 8.57. The summed E-state index contributed by atoms with van der Waals surface area (Å²) < 4.78 is 0. The average Bonchev–Trinajstić information content (AvgIpc) is 2.76. The van der Waals surface area contributed by atoms with Crippen LogP contribution in [0.15, 0.2) is 66.7 Å². The summed E-state index contributed by atoms with van der Waals surface area (Å²) in [5, 5.41) is 9.60. The molecule has 172 valence electrons. The van der Waals surface area contributed by atoms with E-state index in [-0.39, 0.29) is 24.2 Å². The predicted molar refractivity (Wildman–Crippen MR) is 138 cm³/mol. The van der Waals surface area contributed by atoms with Gasteiger partial charge < -0.3 is 16.0 Å². The van der Waals surface area contributed by atoms with E-state index in [1.54, 1.807) is 18.2 Å². The van der Waals surface area contributed by atoms with E-state index in [0.717, 1.165) is 22.5 Å². The van der Waals surface area contributed by atoms with Crippen molar-refractivity contribution in [3.8, 4) is 0 Å². The van der Waals surface area contributed by atoms with Crippen LogP contribution in [-0.2, 0) is 9.59 Å². The third kappa shape index (κ3) is 6.59. The highest BCUT2D eigenvalue weighted by atomic mass is 35.5. The topological polar surface area (TPSA) is 70.2 Å². The van der Waals surface area contributed by atoms with Crippen LogP contribution in [0.4, 0.5) is 22.7 Å². The zero-order valence-electron chi connectivity index (χ0n) is 19.4. The van der Waals surface area contributed by atoms with Gasteiger partial charge >= 0.3 is 0 Å². The largest absolute Gasteiger partial charge is 0.354 e. The number of amides is 2. The van der Waals surface area contributed by atoms with Crippen molar-refractivity contribution in [2.24, 2.45) is 0 Å². The normalized spacial score (nSPS) is 10.9. The Bertz CT molecular complexity index is 1100. The molecule has 0 radical (unpaired) electrons. The summed E-state index contributed by atoms with van der Waals surface area (Å²) in [5.41, 5.74) is 4.97. The molecule has 3 aromatic carbocycles. The van der Waals surface area contributed by atoms with Crippen LogP contribution in [0.3, 0.4) is 0 Å². The SMILES string of the molecule is CC(C)c1cccc(C(C)C)c1NC(=O)CC(=O)Nc1ccc(Cl)cc1Nc1ccccc1. The molecule has 6 heteroatoms. The fourth-order valence-electron chi connectivity index (χ4n) is 3.63. The molecule has 0 saturated heterocycles. The number of para-hydroxylation sites is 2. The molecule has 0 aliphatic heterocycles. The molecule has 0 heterocycles. The van der Waals surface area contributed by atoms with Gasteiger partial charge in [-0.1, -0.05) is 75.7 Å². The first-order chi connectivity index (χ1) is 15.7. The first-order valence-electron chi connectivity index (χ1n) is 11.1. The maximum atomic E-state index is 12.8. The first kappa shape index (κ1) is 24.3. The zero-order valence-corrected chi connectivity index (χ0v) is 20.2. The number of hydrogen-bond acceptors (Lipinski definition) is 3. The van der Waals surface area contributed by atoms with E-state index in [9.17, 15) is 9.59 Å². The van der Waals surface area contributed by atoms with Crippen LogP contribution in [0, 0.1) is 0 Å². The lowest BCUT2D eigenvalue weighted by molar-refractivity contribution is -0.123. The van der Waals surface area contributed by atoms with Gasteiger partial charge in [0.05, 0.1) is 11.4 Å². The van der Waals surface area contributed by atoms with Crippen molar-refractivity contribution in [2.45, 2.75) is 46.0 Å². The Hall–Kier alpha value is -3.31. The monoisotopic (exact) mass is 463 g/mol. The van der Waals surface area contributed by atoms with Crippen LogP contribution in [0.5, 0.6) is 0 Å². The van der Waals surface area contributed by atoms with E-state index in [2.05, 4.69) is 43.6 Å². The number of anilines is 4. The lowest BCUT2D eigenvalue weighted by Crippen LogP contribution is -2.23. The molecule has 0 fully saturated rings. The summed E-state index contributed by atoms with van der Waals surface area (Å²) in [4.78, 5) is 25.5. The van der Waals surface area contributed by atoms with Gasteiger partial charge in [0.25, 0.3) is 0 Å². The Morgan fingerprint density at radius 2 is 1.36 bits per heavy atom. The van der Waals surface area contributed by atoms with E-state index in [4.69, 9.17) is 11.6 Å². The third-order valence-electron chi connectivity index (χ3n) is 5.27.